The topological polar surface area (TPSA) is 58.4 Å². The summed E-state index contributed by atoms with van der Waals surface area (Å²) in [6.07, 6.45) is 6.88. The van der Waals surface area contributed by atoms with Gasteiger partial charge in [0.15, 0.2) is 5.78 Å². The van der Waals surface area contributed by atoms with E-state index >= 15 is 0 Å². The minimum Gasteiger partial charge on any atom is -0.389 e. The maximum Gasteiger partial charge on any atom is 0.162 e. The number of hydrogen-bond acceptors (Lipinski definition) is 4. The fourth-order valence-corrected chi connectivity index (χ4v) is 4.61. The number of benzene rings is 1. The Morgan fingerprint density at radius 1 is 1.16 bits per heavy atom. The molecule has 5 nitrogen and oxygen atoms in total. The SMILES string of the molecule is CCC(=O)c1ccc(Cn2ccc3cc(C4CCN(CC(C)(C)O)CC4)cnc32)cc1. The molecule has 0 unspecified atom stereocenters. The number of carbonyl (C=O) groups excluding carboxylic acids is 1. The molecule has 0 atom stereocenters. The second-order valence-electron chi connectivity index (χ2n) is 9.46. The van der Waals surface area contributed by atoms with Gasteiger partial charge in [-0.3, -0.25) is 4.79 Å². The van der Waals surface area contributed by atoms with Crippen LogP contribution in [0.4, 0.5) is 0 Å². The van der Waals surface area contributed by atoms with E-state index < -0.39 is 5.60 Å². The average molecular weight is 420 g/mol. The lowest BCUT2D eigenvalue weighted by atomic mass is 9.89. The van der Waals surface area contributed by atoms with Gasteiger partial charge in [0, 0.05) is 42.9 Å². The van der Waals surface area contributed by atoms with Crippen LogP contribution in [0.1, 0.15) is 67.4 Å². The number of Topliss-reactive ketones (excluding diaryl/α,β-unsaturated/α-hetero) is 1. The summed E-state index contributed by atoms with van der Waals surface area (Å²) in [6.45, 7) is 9.15. The molecule has 3 aromatic rings. The van der Waals surface area contributed by atoms with E-state index in [1.54, 1.807) is 0 Å². The Balaban J connectivity index is 1.43. The third-order valence-corrected chi connectivity index (χ3v) is 6.24. The number of pyridine rings is 1. The number of ketones is 1. The van der Waals surface area contributed by atoms with Gasteiger partial charge in [-0.15, -0.1) is 0 Å². The molecule has 31 heavy (non-hydrogen) atoms. The molecule has 2 aromatic heterocycles. The Labute approximate surface area is 184 Å². The molecule has 164 valence electrons. The van der Waals surface area contributed by atoms with Crippen molar-refractivity contribution in [3.63, 3.8) is 0 Å². The molecule has 0 radical (unpaired) electrons. The summed E-state index contributed by atoms with van der Waals surface area (Å²) < 4.78 is 2.17. The maximum atomic E-state index is 11.8. The molecule has 5 heteroatoms. The first kappa shape index (κ1) is 21.7. The van der Waals surface area contributed by atoms with Crippen molar-refractivity contribution in [2.45, 2.75) is 58.1 Å². The van der Waals surface area contributed by atoms with Crippen molar-refractivity contribution in [1.82, 2.24) is 14.5 Å². The van der Waals surface area contributed by atoms with Crippen LogP contribution in [-0.4, -0.2) is 50.6 Å². The lowest BCUT2D eigenvalue weighted by molar-refractivity contribution is 0.0281. The normalized spacial score (nSPS) is 16.1. The summed E-state index contributed by atoms with van der Waals surface area (Å²) in [5.41, 5.74) is 3.62. The largest absolute Gasteiger partial charge is 0.389 e. The van der Waals surface area contributed by atoms with Crippen LogP contribution in [-0.2, 0) is 6.54 Å². The van der Waals surface area contributed by atoms with Crippen LogP contribution in [0.3, 0.4) is 0 Å². The summed E-state index contributed by atoms with van der Waals surface area (Å²) in [4.78, 5) is 19.0. The molecule has 3 heterocycles. The molecule has 0 amide bonds. The minimum absolute atomic E-state index is 0.179. The van der Waals surface area contributed by atoms with E-state index in [0.29, 0.717) is 12.3 Å². The number of likely N-dealkylation sites (tertiary alicyclic amines) is 1. The Kier molecular flexibility index (Phi) is 6.26. The fraction of sp³-hybridized carbons (Fsp3) is 0.462. The molecule has 1 saturated heterocycles. The summed E-state index contributed by atoms with van der Waals surface area (Å²) in [5.74, 6) is 0.708. The Morgan fingerprint density at radius 3 is 2.52 bits per heavy atom. The van der Waals surface area contributed by atoms with Gasteiger partial charge >= 0.3 is 0 Å². The number of β-amino-alcohol motifs (C(OH)–C–C–N with tert-alkyl or cyclic N) is 1. The van der Waals surface area contributed by atoms with Gasteiger partial charge in [0.25, 0.3) is 0 Å². The molecule has 0 aliphatic carbocycles. The van der Waals surface area contributed by atoms with Gasteiger partial charge in [-0.1, -0.05) is 31.2 Å². The van der Waals surface area contributed by atoms with Crippen molar-refractivity contribution in [3.05, 3.63) is 65.5 Å². The van der Waals surface area contributed by atoms with Gasteiger partial charge in [-0.2, -0.15) is 0 Å². The van der Waals surface area contributed by atoms with Crippen LogP contribution in [0.15, 0.2) is 48.8 Å². The molecule has 0 bridgehead atoms. The first-order chi connectivity index (χ1) is 14.8. The van der Waals surface area contributed by atoms with Gasteiger partial charge in [0.05, 0.1) is 5.60 Å². The Morgan fingerprint density at radius 2 is 1.87 bits per heavy atom. The van der Waals surface area contributed by atoms with Gasteiger partial charge in [0.2, 0.25) is 0 Å². The lowest BCUT2D eigenvalue weighted by Gasteiger charge is -2.35. The second-order valence-corrected chi connectivity index (χ2v) is 9.46. The highest BCUT2D eigenvalue weighted by Gasteiger charge is 2.25. The number of rotatable bonds is 7. The average Bonchev–Trinajstić information content (AvgIpc) is 3.15. The second kappa shape index (κ2) is 8.93. The summed E-state index contributed by atoms with van der Waals surface area (Å²) in [6, 6.07) is 12.3. The van der Waals surface area contributed by atoms with Crippen molar-refractivity contribution in [1.29, 1.82) is 0 Å². The number of aromatic nitrogens is 2. The number of hydrogen-bond donors (Lipinski definition) is 1. The Hall–Kier alpha value is -2.50. The number of nitrogens with zero attached hydrogens (tertiary/aromatic N) is 3. The third-order valence-electron chi connectivity index (χ3n) is 6.24. The third kappa shape index (κ3) is 5.23. The van der Waals surface area contributed by atoms with E-state index in [1.165, 1.54) is 10.9 Å². The molecular formula is C26H33N3O2. The molecule has 0 spiro atoms. The summed E-state index contributed by atoms with van der Waals surface area (Å²) in [7, 11) is 0. The number of aliphatic hydroxyl groups is 1. The zero-order valence-corrected chi connectivity index (χ0v) is 18.8. The first-order valence-electron chi connectivity index (χ1n) is 11.3. The summed E-state index contributed by atoms with van der Waals surface area (Å²) >= 11 is 0. The van der Waals surface area contributed by atoms with Crippen LogP contribution in [0, 0.1) is 0 Å². The van der Waals surface area contributed by atoms with E-state index in [0.717, 1.165) is 55.8 Å². The van der Waals surface area contributed by atoms with Crippen LogP contribution < -0.4 is 0 Å². The summed E-state index contributed by atoms with van der Waals surface area (Å²) in [5, 5.41) is 11.2. The quantitative estimate of drug-likeness (QED) is 0.568. The number of carbonyl (C=O) groups is 1. The van der Waals surface area contributed by atoms with Crippen molar-refractivity contribution in [2.75, 3.05) is 19.6 Å². The highest BCUT2D eigenvalue weighted by Crippen LogP contribution is 2.30. The minimum atomic E-state index is -0.637. The Bertz CT molecular complexity index is 1040. The number of fused-ring (bicyclic) bond motifs is 1. The smallest absolute Gasteiger partial charge is 0.162 e. The lowest BCUT2D eigenvalue weighted by Crippen LogP contribution is -2.42. The van der Waals surface area contributed by atoms with Crippen LogP contribution in [0.5, 0.6) is 0 Å². The van der Waals surface area contributed by atoms with Crippen molar-refractivity contribution in [3.8, 4) is 0 Å². The van der Waals surface area contributed by atoms with E-state index in [2.05, 4.69) is 27.8 Å². The fourth-order valence-electron chi connectivity index (χ4n) is 4.61. The van der Waals surface area contributed by atoms with E-state index in [4.69, 9.17) is 4.98 Å². The molecule has 1 aliphatic heterocycles. The van der Waals surface area contributed by atoms with E-state index in [1.807, 2.05) is 51.2 Å². The molecule has 0 saturated carbocycles. The highest BCUT2D eigenvalue weighted by molar-refractivity contribution is 5.95. The molecule has 1 N–H and O–H groups in total. The van der Waals surface area contributed by atoms with Crippen molar-refractivity contribution < 1.29 is 9.90 Å². The molecule has 4 rings (SSSR count). The zero-order valence-electron chi connectivity index (χ0n) is 18.8. The molecule has 1 aromatic carbocycles. The maximum absolute atomic E-state index is 11.8. The van der Waals surface area contributed by atoms with Crippen LogP contribution >= 0.6 is 0 Å². The predicted molar refractivity (Wildman–Crippen MR) is 125 cm³/mol. The van der Waals surface area contributed by atoms with Crippen molar-refractivity contribution >= 4 is 16.8 Å². The molecule has 1 fully saturated rings. The first-order valence-corrected chi connectivity index (χ1v) is 11.3. The van der Waals surface area contributed by atoms with Gasteiger partial charge in [-0.25, -0.2) is 4.98 Å². The highest BCUT2D eigenvalue weighted by atomic mass is 16.3. The van der Waals surface area contributed by atoms with E-state index in [9.17, 15) is 9.90 Å². The van der Waals surface area contributed by atoms with Gasteiger partial charge in [-0.05, 0) is 69.0 Å². The number of piperidine rings is 1. The van der Waals surface area contributed by atoms with Crippen LogP contribution in [0.25, 0.3) is 11.0 Å². The van der Waals surface area contributed by atoms with Gasteiger partial charge in [0.1, 0.15) is 5.65 Å². The van der Waals surface area contributed by atoms with E-state index in [-0.39, 0.29) is 5.78 Å². The molecular weight excluding hydrogens is 386 g/mol. The van der Waals surface area contributed by atoms with Crippen molar-refractivity contribution in [2.24, 2.45) is 0 Å². The van der Waals surface area contributed by atoms with Crippen LogP contribution in [0.2, 0.25) is 0 Å². The van der Waals surface area contributed by atoms with Gasteiger partial charge < -0.3 is 14.6 Å². The molecule has 1 aliphatic rings. The predicted octanol–water partition coefficient (Wildman–Crippen LogP) is 4.63. The zero-order chi connectivity index (χ0) is 22.0. The monoisotopic (exact) mass is 419 g/mol. The standard InChI is InChI=1S/C26H33N3O2/c1-4-24(30)21-7-5-19(6-8-21)17-29-14-11-22-15-23(16-27-25(22)29)20-9-12-28(13-10-20)18-26(2,3)31/h5-8,11,14-16,20,31H,4,9-10,12-13,17-18H2,1-3H3.